The Hall–Kier alpha value is -3.49. The molecule has 9 heteroatoms. The number of carbonyl (C=O) groups excluding carboxylic acids is 2. The molecule has 5 atom stereocenters. The number of aryl methyl sites for hydroxylation is 1. The molecule has 3 aliphatic rings. The molecule has 4 heterocycles. The number of nitrogens with zero attached hydrogens (tertiary/aromatic N) is 6. The molecule has 38 heavy (non-hydrogen) atoms. The molecule has 0 radical (unpaired) electrons. The van der Waals surface area contributed by atoms with Crippen LogP contribution in [0.1, 0.15) is 86.3 Å². The molecule has 3 unspecified atom stereocenters. The van der Waals surface area contributed by atoms with Gasteiger partial charge in [-0.05, 0) is 76.5 Å². The summed E-state index contributed by atoms with van der Waals surface area (Å²) in [6.07, 6.45) is 7.73. The SMILES string of the molecule is CN(C(=O)c1ccc(C2CC2c2nn(C)c3nccnc23)cc1)C1C[C@H]2CC[C@@H](C1)N2C(=O)OC(C)(C)C. The van der Waals surface area contributed by atoms with Crippen molar-refractivity contribution in [1.29, 1.82) is 0 Å². The lowest BCUT2D eigenvalue weighted by Crippen LogP contribution is -2.53. The lowest BCUT2D eigenvalue weighted by Gasteiger charge is -2.42. The Labute approximate surface area is 223 Å². The maximum absolute atomic E-state index is 13.4. The zero-order valence-electron chi connectivity index (χ0n) is 22.8. The molecule has 3 aromatic rings. The van der Waals surface area contributed by atoms with E-state index in [4.69, 9.17) is 9.84 Å². The third kappa shape index (κ3) is 4.41. The smallest absolute Gasteiger partial charge is 0.410 e. The van der Waals surface area contributed by atoms with Gasteiger partial charge in [-0.1, -0.05) is 12.1 Å². The van der Waals surface area contributed by atoms with Crippen LogP contribution < -0.4 is 0 Å². The van der Waals surface area contributed by atoms with Gasteiger partial charge in [-0.3, -0.25) is 4.79 Å². The first-order valence-electron chi connectivity index (χ1n) is 13.6. The van der Waals surface area contributed by atoms with Gasteiger partial charge < -0.3 is 14.5 Å². The predicted molar refractivity (Wildman–Crippen MR) is 143 cm³/mol. The van der Waals surface area contributed by atoms with E-state index in [0.29, 0.717) is 17.4 Å². The fourth-order valence-electron chi connectivity index (χ4n) is 6.44. The Morgan fingerprint density at radius 2 is 1.63 bits per heavy atom. The van der Waals surface area contributed by atoms with E-state index in [1.807, 2.05) is 56.8 Å². The minimum absolute atomic E-state index is 0.0324. The number of rotatable bonds is 4. The summed E-state index contributed by atoms with van der Waals surface area (Å²) in [5.41, 5.74) is 4.11. The van der Waals surface area contributed by atoms with Crippen LogP contribution >= 0.6 is 0 Å². The number of piperidine rings is 1. The Kier molecular flexibility index (Phi) is 5.92. The van der Waals surface area contributed by atoms with Crippen molar-refractivity contribution in [3.05, 3.63) is 53.5 Å². The molecular formula is C29H36N6O3. The van der Waals surface area contributed by atoms with Gasteiger partial charge in [0.1, 0.15) is 11.1 Å². The first-order valence-corrected chi connectivity index (χ1v) is 13.6. The summed E-state index contributed by atoms with van der Waals surface area (Å²) >= 11 is 0. The van der Waals surface area contributed by atoms with Gasteiger partial charge in [0, 0.05) is 56.1 Å². The standard InChI is InChI=1S/C29H36N6O3/c1-29(2,3)38-28(37)35-19-10-11-20(35)15-21(14-19)33(4)27(36)18-8-6-17(7-9-18)22-16-23(22)24-25-26(34(5)32-24)31-13-12-30-25/h6-9,12-13,19-23H,10-11,14-16H2,1-5H3/t19-,20+,21?,22?,23?. The van der Waals surface area contributed by atoms with Crippen molar-refractivity contribution >= 4 is 23.2 Å². The van der Waals surface area contributed by atoms with E-state index < -0.39 is 5.60 Å². The van der Waals surface area contributed by atoms with Crippen LogP contribution in [0, 0.1) is 0 Å². The van der Waals surface area contributed by atoms with E-state index >= 15 is 0 Å². The van der Waals surface area contributed by atoms with E-state index in [2.05, 4.69) is 22.1 Å². The molecular weight excluding hydrogens is 480 g/mol. The Morgan fingerprint density at radius 1 is 0.974 bits per heavy atom. The zero-order valence-corrected chi connectivity index (χ0v) is 22.8. The quantitative estimate of drug-likeness (QED) is 0.502. The Bertz CT molecular complexity index is 1360. The number of amides is 2. The van der Waals surface area contributed by atoms with E-state index in [0.717, 1.165) is 49.0 Å². The molecule has 200 valence electrons. The monoisotopic (exact) mass is 516 g/mol. The summed E-state index contributed by atoms with van der Waals surface area (Å²) in [5.74, 6) is 0.736. The fourth-order valence-corrected chi connectivity index (χ4v) is 6.44. The van der Waals surface area contributed by atoms with Crippen molar-refractivity contribution in [2.24, 2.45) is 7.05 Å². The molecule has 1 aromatic carbocycles. The van der Waals surface area contributed by atoms with Gasteiger partial charge in [0.25, 0.3) is 5.91 Å². The lowest BCUT2D eigenvalue weighted by molar-refractivity contribution is -0.00111. The summed E-state index contributed by atoms with van der Waals surface area (Å²) in [7, 11) is 3.80. The summed E-state index contributed by atoms with van der Waals surface area (Å²) in [6, 6.07) is 8.43. The highest BCUT2D eigenvalue weighted by atomic mass is 16.6. The molecule has 2 aromatic heterocycles. The van der Waals surface area contributed by atoms with Crippen LogP contribution in [-0.2, 0) is 11.8 Å². The van der Waals surface area contributed by atoms with Crippen molar-refractivity contribution in [3.63, 3.8) is 0 Å². The second kappa shape index (κ2) is 9.06. The van der Waals surface area contributed by atoms with Gasteiger partial charge in [-0.25, -0.2) is 19.4 Å². The maximum atomic E-state index is 13.4. The van der Waals surface area contributed by atoms with Gasteiger partial charge in [-0.2, -0.15) is 5.10 Å². The normalized spacial score (nSPS) is 26.4. The van der Waals surface area contributed by atoms with Gasteiger partial charge >= 0.3 is 6.09 Å². The highest BCUT2D eigenvalue weighted by Crippen LogP contribution is 2.55. The Balaban J connectivity index is 1.10. The predicted octanol–water partition coefficient (Wildman–Crippen LogP) is 4.64. The molecule has 2 aliphatic heterocycles. The van der Waals surface area contributed by atoms with E-state index in [1.165, 1.54) is 5.56 Å². The number of ether oxygens (including phenoxy) is 1. The lowest BCUT2D eigenvalue weighted by atomic mass is 9.95. The molecule has 0 N–H and O–H groups in total. The first kappa shape index (κ1) is 24.8. The second-order valence-corrected chi connectivity index (χ2v) is 12.1. The van der Waals surface area contributed by atoms with E-state index in [9.17, 15) is 9.59 Å². The molecule has 6 rings (SSSR count). The number of aromatic nitrogens is 4. The second-order valence-electron chi connectivity index (χ2n) is 12.1. The highest BCUT2D eigenvalue weighted by Gasteiger charge is 2.46. The molecule has 2 amide bonds. The zero-order chi connectivity index (χ0) is 26.8. The van der Waals surface area contributed by atoms with Crippen molar-refractivity contribution in [2.45, 2.75) is 88.4 Å². The summed E-state index contributed by atoms with van der Waals surface area (Å²) < 4.78 is 7.46. The maximum Gasteiger partial charge on any atom is 0.410 e. The van der Waals surface area contributed by atoms with Gasteiger partial charge in [-0.15, -0.1) is 0 Å². The number of fused-ring (bicyclic) bond motifs is 3. The van der Waals surface area contributed by atoms with Crippen LogP contribution in [0.3, 0.4) is 0 Å². The molecule has 9 nitrogen and oxygen atoms in total. The molecule has 1 aliphatic carbocycles. The molecule has 1 saturated carbocycles. The number of hydrogen-bond donors (Lipinski definition) is 0. The average molecular weight is 517 g/mol. The minimum Gasteiger partial charge on any atom is -0.444 e. The van der Waals surface area contributed by atoms with Crippen LogP contribution in [0.25, 0.3) is 11.2 Å². The third-order valence-corrected chi connectivity index (χ3v) is 8.39. The summed E-state index contributed by atoms with van der Waals surface area (Å²) in [4.78, 5) is 38.9. The van der Waals surface area contributed by atoms with Gasteiger partial charge in [0.15, 0.2) is 5.65 Å². The highest BCUT2D eigenvalue weighted by molar-refractivity contribution is 5.94. The van der Waals surface area contributed by atoms with Crippen LogP contribution in [0.4, 0.5) is 4.79 Å². The summed E-state index contributed by atoms with van der Waals surface area (Å²) in [6.45, 7) is 5.70. The van der Waals surface area contributed by atoms with Crippen molar-refractivity contribution in [1.82, 2.24) is 29.5 Å². The fraction of sp³-hybridized carbons (Fsp3) is 0.552. The van der Waals surface area contributed by atoms with E-state index in [1.54, 1.807) is 17.1 Å². The Morgan fingerprint density at radius 3 is 2.29 bits per heavy atom. The molecule has 0 spiro atoms. The van der Waals surface area contributed by atoms with Crippen LogP contribution in [-0.4, -0.2) is 72.3 Å². The number of hydrogen-bond acceptors (Lipinski definition) is 6. The molecule has 2 bridgehead atoms. The van der Waals surface area contributed by atoms with Crippen molar-refractivity contribution < 1.29 is 14.3 Å². The minimum atomic E-state index is -0.508. The largest absolute Gasteiger partial charge is 0.444 e. The van der Waals surface area contributed by atoms with Gasteiger partial charge in [0.05, 0.1) is 5.69 Å². The number of benzene rings is 1. The molecule has 2 saturated heterocycles. The summed E-state index contributed by atoms with van der Waals surface area (Å²) in [5, 5.41) is 4.70. The first-order chi connectivity index (χ1) is 18.1. The van der Waals surface area contributed by atoms with E-state index in [-0.39, 0.29) is 30.1 Å². The van der Waals surface area contributed by atoms with Crippen LogP contribution in [0.5, 0.6) is 0 Å². The molecule has 3 fully saturated rings. The van der Waals surface area contributed by atoms with Gasteiger partial charge in [0.2, 0.25) is 0 Å². The topological polar surface area (TPSA) is 93.5 Å². The number of carbonyl (C=O) groups is 2. The van der Waals surface area contributed by atoms with Crippen molar-refractivity contribution in [3.8, 4) is 0 Å². The van der Waals surface area contributed by atoms with Crippen molar-refractivity contribution in [2.75, 3.05) is 7.05 Å². The third-order valence-electron chi connectivity index (χ3n) is 8.39. The van der Waals surface area contributed by atoms with Crippen LogP contribution in [0.15, 0.2) is 36.7 Å². The van der Waals surface area contributed by atoms with Crippen LogP contribution in [0.2, 0.25) is 0 Å². The average Bonchev–Trinajstić information content (AvgIpc) is 3.54.